The van der Waals surface area contributed by atoms with Crippen molar-refractivity contribution in [2.75, 3.05) is 11.9 Å². The number of aromatic nitrogens is 1. The number of esters is 1. The fourth-order valence-electron chi connectivity index (χ4n) is 2.31. The molecular formula is C17H14BrF2N3O4. The van der Waals surface area contributed by atoms with Gasteiger partial charge in [0.05, 0.1) is 18.0 Å². The van der Waals surface area contributed by atoms with Crippen molar-refractivity contribution in [3.05, 3.63) is 56.4 Å². The Balaban J connectivity index is 2.06. The highest BCUT2D eigenvalue weighted by Crippen LogP contribution is 2.30. The summed E-state index contributed by atoms with van der Waals surface area (Å²) in [6, 6.07) is 2.63. The number of hydrogen-bond donors (Lipinski definition) is 2. The number of rotatable bonds is 5. The summed E-state index contributed by atoms with van der Waals surface area (Å²) in [4.78, 5) is 35.7. The molecule has 1 aliphatic carbocycles. The van der Waals surface area contributed by atoms with Crippen LogP contribution in [0.5, 0.6) is 0 Å². The van der Waals surface area contributed by atoms with Crippen LogP contribution >= 0.6 is 15.9 Å². The van der Waals surface area contributed by atoms with E-state index in [9.17, 15) is 23.2 Å². The highest BCUT2D eigenvalue weighted by Gasteiger charge is 2.27. The molecule has 0 radical (unpaired) electrons. The van der Waals surface area contributed by atoms with E-state index < -0.39 is 40.4 Å². The Bertz CT molecular complexity index is 989. The molecule has 0 unspecified atom stereocenters. The summed E-state index contributed by atoms with van der Waals surface area (Å²) in [6.07, 6.45) is 2.61. The largest absolute Gasteiger partial charge is 0.462 e. The molecular weight excluding hydrogens is 428 g/mol. The third-order valence-corrected chi connectivity index (χ3v) is 4.44. The molecule has 7 nitrogen and oxygen atoms in total. The number of pyridine rings is 1. The van der Waals surface area contributed by atoms with Gasteiger partial charge < -0.3 is 15.8 Å². The van der Waals surface area contributed by atoms with Gasteiger partial charge in [0.1, 0.15) is 11.4 Å². The van der Waals surface area contributed by atoms with Crippen LogP contribution in [-0.2, 0) is 4.74 Å². The SMILES string of the molecule is NC(=O)n1cc(C(=O)OCC2CC2)c(Nc2ccc(Br)cc2F)c(F)c1=O. The molecule has 1 heterocycles. The summed E-state index contributed by atoms with van der Waals surface area (Å²) in [6.45, 7) is 0.127. The van der Waals surface area contributed by atoms with Crippen LogP contribution in [-0.4, -0.2) is 23.2 Å². The summed E-state index contributed by atoms with van der Waals surface area (Å²) >= 11 is 3.09. The van der Waals surface area contributed by atoms with E-state index in [0.29, 0.717) is 4.47 Å². The number of primary amides is 1. The predicted molar refractivity (Wildman–Crippen MR) is 96.0 cm³/mol. The van der Waals surface area contributed by atoms with Gasteiger partial charge in [0.2, 0.25) is 5.82 Å². The van der Waals surface area contributed by atoms with Gasteiger partial charge in [0, 0.05) is 10.7 Å². The molecule has 1 aromatic carbocycles. The van der Waals surface area contributed by atoms with Crippen molar-refractivity contribution in [1.82, 2.24) is 4.57 Å². The number of ether oxygens (including phenoxy) is 1. The molecule has 1 saturated carbocycles. The maximum absolute atomic E-state index is 14.6. The lowest BCUT2D eigenvalue weighted by Gasteiger charge is -2.15. The number of carbonyl (C=O) groups excluding carboxylic acids is 2. The van der Waals surface area contributed by atoms with Gasteiger partial charge in [0.15, 0.2) is 0 Å². The van der Waals surface area contributed by atoms with Crippen LogP contribution in [0.2, 0.25) is 0 Å². The number of nitrogens with two attached hydrogens (primary N) is 1. The number of nitrogens with zero attached hydrogens (tertiary/aromatic N) is 1. The molecule has 27 heavy (non-hydrogen) atoms. The number of carbonyl (C=O) groups is 2. The van der Waals surface area contributed by atoms with Crippen molar-refractivity contribution in [2.45, 2.75) is 12.8 Å². The predicted octanol–water partition coefficient (Wildman–Crippen LogP) is 3.13. The smallest absolute Gasteiger partial charge is 0.341 e. The Hall–Kier alpha value is -2.75. The molecule has 0 bridgehead atoms. The minimum atomic E-state index is -1.46. The molecule has 1 amide bonds. The Morgan fingerprint density at radius 1 is 1.33 bits per heavy atom. The van der Waals surface area contributed by atoms with Crippen molar-refractivity contribution in [3.63, 3.8) is 0 Å². The normalized spacial score (nSPS) is 13.3. The van der Waals surface area contributed by atoms with Gasteiger partial charge in [-0.2, -0.15) is 4.39 Å². The molecule has 142 valence electrons. The lowest BCUT2D eigenvalue weighted by molar-refractivity contribution is 0.0486. The average Bonchev–Trinajstić information content (AvgIpc) is 3.43. The van der Waals surface area contributed by atoms with E-state index in [1.165, 1.54) is 12.1 Å². The quantitative estimate of drug-likeness (QED) is 0.693. The van der Waals surface area contributed by atoms with Gasteiger partial charge in [-0.15, -0.1) is 0 Å². The first-order valence-corrected chi connectivity index (χ1v) is 8.71. The van der Waals surface area contributed by atoms with Gasteiger partial charge in [-0.25, -0.2) is 18.5 Å². The molecule has 0 aliphatic heterocycles. The van der Waals surface area contributed by atoms with Crippen molar-refractivity contribution < 1.29 is 23.1 Å². The van der Waals surface area contributed by atoms with E-state index in [1.54, 1.807) is 0 Å². The summed E-state index contributed by atoms with van der Waals surface area (Å²) in [5, 5.41) is 2.39. The molecule has 0 spiro atoms. The van der Waals surface area contributed by atoms with Crippen LogP contribution in [0.1, 0.15) is 23.2 Å². The molecule has 1 aliphatic rings. The van der Waals surface area contributed by atoms with E-state index in [0.717, 1.165) is 25.1 Å². The fraction of sp³-hybridized carbons (Fsp3) is 0.235. The van der Waals surface area contributed by atoms with Crippen molar-refractivity contribution in [3.8, 4) is 0 Å². The molecule has 1 fully saturated rings. The standard InChI is InChI=1S/C17H14BrF2N3O4/c18-9-3-4-12(11(19)5-9)22-14-10(16(25)27-7-8-1-2-8)6-23(17(21)26)15(24)13(14)20/h3-6,8,22H,1-2,7H2,(H2,21,26). The van der Waals surface area contributed by atoms with Gasteiger partial charge in [-0.3, -0.25) is 4.79 Å². The van der Waals surface area contributed by atoms with Gasteiger partial charge in [-0.05, 0) is 37.0 Å². The van der Waals surface area contributed by atoms with Crippen LogP contribution in [0.3, 0.4) is 0 Å². The highest BCUT2D eigenvalue weighted by atomic mass is 79.9. The molecule has 3 rings (SSSR count). The first-order valence-electron chi connectivity index (χ1n) is 7.92. The number of benzene rings is 1. The molecule has 0 saturated heterocycles. The molecule has 3 N–H and O–H groups in total. The lowest BCUT2D eigenvalue weighted by Crippen LogP contribution is -2.35. The lowest BCUT2D eigenvalue weighted by atomic mass is 10.2. The molecule has 10 heteroatoms. The van der Waals surface area contributed by atoms with Crippen LogP contribution in [0, 0.1) is 17.6 Å². The van der Waals surface area contributed by atoms with Gasteiger partial charge in [0.25, 0.3) is 5.56 Å². The van der Waals surface area contributed by atoms with E-state index >= 15 is 0 Å². The third kappa shape index (κ3) is 4.16. The molecule has 2 aromatic rings. The Morgan fingerprint density at radius 2 is 2.04 bits per heavy atom. The van der Waals surface area contributed by atoms with Crippen LogP contribution in [0.4, 0.5) is 25.0 Å². The monoisotopic (exact) mass is 441 g/mol. The molecule has 0 atom stereocenters. The second-order valence-electron chi connectivity index (χ2n) is 6.04. The van der Waals surface area contributed by atoms with Crippen molar-refractivity contribution >= 4 is 39.3 Å². The average molecular weight is 442 g/mol. The summed E-state index contributed by atoms with van der Waals surface area (Å²) in [5.41, 5.74) is 2.45. The second kappa shape index (κ2) is 7.47. The number of hydrogen-bond acceptors (Lipinski definition) is 5. The first kappa shape index (κ1) is 19.0. The fourth-order valence-corrected chi connectivity index (χ4v) is 2.64. The van der Waals surface area contributed by atoms with E-state index in [-0.39, 0.29) is 22.8 Å². The second-order valence-corrected chi connectivity index (χ2v) is 6.95. The number of amides is 1. The number of halogens is 3. The van der Waals surface area contributed by atoms with Crippen LogP contribution in [0.15, 0.2) is 33.7 Å². The zero-order valence-electron chi connectivity index (χ0n) is 13.8. The zero-order chi connectivity index (χ0) is 19.7. The maximum Gasteiger partial charge on any atom is 0.341 e. The minimum absolute atomic E-state index is 0.127. The van der Waals surface area contributed by atoms with Crippen molar-refractivity contribution in [2.24, 2.45) is 11.7 Å². The third-order valence-electron chi connectivity index (χ3n) is 3.95. The van der Waals surface area contributed by atoms with E-state index in [1.807, 2.05) is 0 Å². The highest BCUT2D eigenvalue weighted by molar-refractivity contribution is 9.10. The zero-order valence-corrected chi connectivity index (χ0v) is 15.4. The molecule has 1 aromatic heterocycles. The van der Waals surface area contributed by atoms with Crippen LogP contribution < -0.4 is 16.6 Å². The Kier molecular flexibility index (Phi) is 5.26. The van der Waals surface area contributed by atoms with Crippen LogP contribution in [0.25, 0.3) is 0 Å². The number of anilines is 2. The topological polar surface area (TPSA) is 103 Å². The summed E-state index contributed by atoms with van der Waals surface area (Å²) < 4.78 is 34.5. The Morgan fingerprint density at radius 3 is 2.63 bits per heavy atom. The first-order chi connectivity index (χ1) is 12.8. The summed E-state index contributed by atoms with van der Waals surface area (Å²) in [7, 11) is 0. The maximum atomic E-state index is 14.6. The van der Waals surface area contributed by atoms with E-state index in [2.05, 4.69) is 21.2 Å². The Labute approximate surface area is 160 Å². The number of nitrogens with one attached hydrogen (secondary N) is 1. The van der Waals surface area contributed by atoms with Crippen molar-refractivity contribution in [1.29, 1.82) is 0 Å². The van der Waals surface area contributed by atoms with E-state index in [4.69, 9.17) is 10.5 Å². The summed E-state index contributed by atoms with van der Waals surface area (Å²) in [5.74, 6) is -2.94. The van der Waals surface area contributed by atoms with Gasteiger partial charge >= 0.3 is 12.0 Å². The van der Waals surface area contributed by atoms with Gasteiger partial charge in [-0.1, -0.05) is 15.9 Å². The minimum Gasteiger partial charge on any atom is -0.462 e.